The Bertz CT molecular complexity index is 726. The van der Waals surface area contributed by atoms with Crippen molar-refractivity contribution in [3.8, 4) is 0 Å². The van der Waals surface area contributed by atoms with Gasteiger partial charge in [0.1, 0.15) is 11.6 Å². The van der Waals surface area contributed by atoms with Crippen LogP contribution in [0, 0.1) is 13.8 Å². The van der Waals surface area contributed by atoms with E-state index in [1.165, 1.54) is 24.2 Å². The predicted molar refractivity (Wildman–Crippen MR) is 114 cm³/mol. The Balaban J connectivity index is 1.99. The molecular weight excluding hydrogens is 360 g/mol. The number of unbranched alkanes of at least 4 members (excludes halogenated alkanes) is 4. The summed E-state index contributed by atoms with van der Waals surface area (Å²) < 4.78 is 0. The number of nitrogens with two attached hydrogens (primary N) is 1. The number of aromatic nitrogens is 2. The fourth-order valence-corrected chi connectivity index (χ4v) is 3.42. The lowest BCUT2D eigenvalue weighted by Gasteiger charge is -2.12. The van der Waals surface area contributed by atoms with Gasteiger partial charge in [0, 0.05) is 18.5 Å². The molecule has 0 atom stereocenters. The Morgan fingerprint density at radius 3 is 2.52 bits per heavy atom. The first kappa shape index (κ1) is 21.1. The Labute approximate surface area is 165 Å². The number of anilines is 3. The Morgan fingerprint density at radius 2 is 1.85 bits per heavy atom. The number of carbonyl (C=O) groups excluding carboxylic acids is 1. The van der Waals surface area contributed by atoms with Crippen molar-refractivity contribution >= 4 is 34.0 Å². The molecule has 5 N–H and O–H groups in total. The van der Waals surface area contributed by atoms with Crippen LogP contribution in [-0.4, -0.2) is 36.0 Å². The summed E-state index contributed by atoms with van der Waals surface area (Å²) in [4.78, 5) is 22.7. The maximum Gasteiger partial charge on any atom is 0.261 e. The Hall–Kier alpha value is -2.19. The number of nitrogens with zero attached hydrogens (tertiary/aromatic N) is 2. The van der Waals surface area contributed by atoms with E-state index in [-0.39, 0.29) is 5.91 Å². The normalized spacial score (nSPS) is 10.7. The Morgan fingerprint density at radius 1 is 1.11 bits per heavy atom. The molecule has 0 saturated heterocycles. The molecule has 0 radical (unpaired) electrons. The number of aryl methyl sites for hydroxylation is 2. The van der Waals surface area contributed by atoms with Crippen molar-refractivity contribution in [2.24, 2.45) is 5.73 Å². The van der Waals surface area contributed by atoms with Crippen molar-refractivity contribution in [1.82, 2.24) is 9.97 Å². The molecule has 0 spiro atoms. The number of thiazole rings is 1. The highest BCUT2D eigenvalue weighted by Crippen LogP contribution is 2.23. The first-order valence-electron chi connectivity index (χ1n) is 9.43. The van der Waals surface area contributed by atoms with E-state index < -0.39 is 0 Å². The van der Waals surface area contributed by atoms with Crippen LogP contribution < -0.4 is 21.7 Å². The summed E-state index contributed by atoms with van der Waals surface area (Å²) in [6.07, 6.45) is 5.60. The van der Waals surface area contributed by atoms with Gasteiger partial charge in [-0.15, -0.1) is 11.3 Å². The molecule has 1 amide bonds. The van der Waals surface area contributed by atoms with E-state index in [2.05, 4.69) is 25.9 Å². The molecule has 7 nitrogen and oxygen atoms in total. The third-order valence-electron chi connectivity index (χ3n) is 4.32. The van der Waals surface area contributed by atoms with Gasteiger partial charge < -0.3 is 16.4 Å². The maximum atomic E-state index is 12.7. The van der Waals surface area contributed by atoms with Gasteiger partial charge in [-0.25, -0.2) is 9.97 Å². The molecule has 2 aromatic heterocycles. The first-order chi connectivity index (χ1) is 13.0. The minimum absolute atomic E-state index is 0.204. The molecule has 0 saturated carbocycles. The van der Waals surface area contributed by atoms with E-state index in [9.17, 15) is 4.79 Å². The molecule has 0 aliphatic carbocycles. The fourth-order valence-electron chi connectivity index (χ4n) is 2.61. The molecule has 27 heavy (non-hydrogen) atoms. The SMILES string of the molecule is CNc1ccc(C(=O)Nc2nc(C)c(C)s2)c(NCCCCCCCN)n1. The summed E-state index contributed by atoms with van der Waals surface area (Å²) in [6.45, 7) is 5.46. The monoisotopic (exact) mass is 390 g/mol. The topological polar surface area (TPSA) is 105 Å². The second-order valence-electron chi connectivity index (χ2n) is 6.44. The van der Waals surface area contributed by atoms with E-state index >= 15 is 0 Å². The minimum atomic E-state index is -0.204. The lowest BCUT2D eigenvalue weighted by atomic mass is 10.1. The van der Waals surface area contributed by atoms with Gasteiger partial charge in [0.15, 0.2) is 5.13 Å². The number of carbonyl (C=O) groups is 1. The maximum absolute atomic E-state index is 12.7. The van der Waals surface area contributed by atoms with Crippen molar-refractivity contribution in [1.29, 1.82) is 0 Å². The molecule has 8 heteroatoms. The third kappa shape index (κ3) is 6.48. The lowest BCUT2D eigenvalue weighted by molar-refractivity contribution is 0.102. The smallest absolute Gasteiger partial charge is 0.261 e. The highest BCUT2D eigenvalue weighted by atomic mass is 32.1. The van der Waals surface area contributed by atoms with Crippen molar-refractivity contribution in [2.75, 3.05) is 36.1 Å². The van der Waals surface area contributed by atoms with Crippen LogP contribution in [0.4, 0.5) is 16.8 Å². The van der Waals surface area contributed by atoms with E-state index in [1.807, 2.05) is 20.9 Å². The molecule has 2 heterocycles. The van der Waals surface area contributed by atoms with Crippen molar-refractivity contribution in [3.63, 3.8) is 0 Å². The van der Waals surface area contributed by atoms with Gasteiger partial charge >= 0.3 is 0 Å². The van der Waals surface area contributed by atoms with Gasteiger partial charge in [-0.1, -0.05) is 19.3 Å². The largest absolute Gasteiger partial charge is 0.373 e. The molecule has 0 unspecified atom stereocenters. The number of hydrogen-bond acceptors (Lipinski definition) is 7. The predicted octanol–water partition coefficient (Wildman–Crippen LogP) is 3.77. The van der Waals surface area contributed by atoms with Gasteiger partial charge in [0.05, 0.1) is 11.3 Å². The molecule has 0 fully saturated rings. The van der Waals surface area contributed by atoms with Gasteiger partial charge in [0.2, 0.25) is 0 Å². The molecule has 2 rings (SSSR count). The van der Waals surface area contributed by atoms with E-state index in [0.29, 0.717) is 16.5 Å². The minimum Gasteiger partial charge on any atom is -0.373 e. The highest BCUT2D eigenvalue weighted by molar-refractivity contribution is 7.15. The molecule has 0 bridgehead atoms. The standard InChI is InChI=1S/C19H30N6OS/c1-13-14(2)27-19(23-13)25-18(26)15-9-10-16(21-3)24-17(15)22-12-8-6-4-5-7-11-20/h9-10H,4-8,11-12,20H2,1-3H3,(H2,21,22,24)(H,23,25,26). The lowest BCUT2D eigenvalue weighted by Crippen LogP contribution is -2.17. The van der Waals surface area contributed by atoms with Crippen molar-refractivity contribution in [3.05, 3.63) is 28.3 Å². The van der Waals surface area contributed by atoms with E-state index in [1.54, 1.807) is 12.1 Å². The average molecular weight is 391 g/mol. The summed E-state index contributed by atoms with van der Waals surface area (Å²) in [5, 5.41) is 9.81. The zero-order valence-electron chi connectivity index (χ0n) is 16.4. The van der Waals surface area contributed by atoms with Crippen LogP contribution in [0.1, 0.15) is 53.0 Å². The van der Waals surface area contributed by atoms with Crippen molar-refractivity contribution in [2.45, 2.75) is 46.0 Å². The fraction of sp³-hybridized carbons (Fsp3) is 0.526. The summed E-state index contributed by atoms with van der Waals surface area (Å²) in [7, 11) is 1.81. The molecule has 148 valence electrons. The van der Waals surface area contributed by atoms with Crippen LogP contribution in [0.15, 0.2) is 12.1 Å². The van der Waals surface area contributed by atoms with Gasteiger partial charge in [-0.05, 0) is 45.4 Å². The average Bonchev–Trinajstić information content (AvgIpc) is 2.97. The van der Waals surface area contributed by atoms with Gasteiger partial charge in [-0.3, -0.25) is 10.1 Å². The van der Waals surface area contributed by atoms with Crippen LogP contribution >= 0.6 is 11.3 Å². The van der Waals surface area contributed by atoms with Crippen LogP contribution in [0.5, 0.6) is 0 Å². The Kier molecular flexibility index (Phi) is 8.47. The van der Waals surface area contributed by atoms with Crippen molar-refractivity contribution < 1.29 is 4.79 Å². The molecular formula is C19H30N6OS. The summed E-state index contributed by atoms with van der Waals surface area (Å²) in [5.41, 5.74) is 6.97. The molecule has 0 aromatic carbocycles. The van der Waals surface area contributed by atoms with Crippen LogP contribution in [0.3, 0.4) is 0 Å². The quantitative estimate of drug-likeness (QED) is 0.435. The number of amides is 1. The zero-order valence-corrected chi connectivity index (χ0v) is 17.2. The van der Waals surface area contributed by atoms with Gasteiger partial charge in [-0.2, -0.15) is 0 Å². The van der Waals surface area contributed by atoms with Gasteiger partial charge in [0.25, 0.3) is 5.91 Å². The molecule has 0 aliphatic rings. The second-order valence-corrected chi connectivity index (χ2v) is 7.64. The summed E-state index contributed by atoms with van der Waals surface area (Å²) in [6, 6.07) is 3.58. The number of nitrogens with one attached hydrogen (secondary N) is 3. The number of rotatable bonds is 11. The van der Waals surface area contributed by atoms with Crippen LogP contribution in [-0.2, 0) is 0 Å². The summed E-state index contributed by atoms with van der Waals surface area (Å²) in [5.74, 6) is 1.11. The summed E-state index contributed by atoms with van der Waals surface area (Å²) >= 11 is 1.48. The van der Waals surface area contributed by atoms with E-state index in [0.717, 1.165) is 48.7 Å². The molecule has 2 aromatic rings. The van der Waals surface area contributed by atoms with E-state index in [4.69, 9.17) is 5.73 Å². The zero-order chi connectivity index (χ0) is 19.6. The highest BCUT2D eigenvalue weighted by Gasteiger charge is 2.15. The number of hydrogen-bond donors (Lipinski definition) is 4. The second kappa shape index (κ2) is 10.8. The molecule has 0 aliphatic heterocycles. The van der Waals surface area contributed by atoms with Crippen LogP contribution in [0.2, 0.25) is 0 Å². The number of pyridine rings is 1. The van der Waals surface area contributed by atoms with Crippen LogP contribution in [0.25, 0.3) is 0 Å². The first-order valence-corrected chi connectivity index (χ1v) is 10.2. The third-order valence-corrected chi connectivity index (χ3v) is 5.31.